The summed E-state index contributed by atoms with van der Waals surface area (Å²) in [6, 6.07) is 1.49. The van der Waals surface area contributed by atoms with E-state index in [1.807, 2.05) is 0 Å². The van der Waals surface area contributed by atoms with E-state index in [2.05, 4.69) is 25.6 Å². The smallest absolute Gasteiger partial charge is 0.325 e. The summed E-state index contributed by atoms with van der Waals surface area (Å²) in [5, 5.41) is 11.8. The zero-order valence-corrected chi connectivity index (χ0v) is 6.41. The summed E-state index contributed by atoms with van der Waals surface area (Å²) >= 11 is 2.90. The van der Waals surface area contributed by atoms with Crippen molar-refractivity contribution in [2.75, 3.05) is 0 Å². The third-order valence-corrected chi connectivity index (χ3v) is 1.77. The second-order valence-corrected chi connectivity index (χ2v) is 2.53. The zero-order chi connectivity index (χ0) is 7.56. The van der Waals surface area contributed by atoms with Crippen LogP contribution in [0.4, 0.5) is 0 Å². The highest BCUT2D eigenvalue weighted by atomic mass is 79.9. The van der Waals surface area contributed by atoms with E-state index in [9.17, 15) is 4.79 Å². The number of carbonyl (C=O) groups is 1. The molecule has 0 radical (unpaired) electrons. The highest BCUT2D eigenvalue weighted by molar-refractivity contribution is 9.09. The van der Waals surface area contributed by atoms with Gasteiger partial charge < -0.3 is 9.63 Å². The maximum absolute atomic E-state index is 10.3. The van der Waals surface area contributed by atoms with Crippen molar-refractivity contribution in [3.63, 3.8) is 0 Å². The standard InChI is InChI=1S/C5H4BrNO3/c6-4(5(8)9)3-1-2-7-10-3/h1-2,4H,(H,8,9). The van der Waals surface area contributed by atoms with Crippen LogP contribution in [0.3, 0.4) is 0 Å². The first-order chi connectivity index (χ1) is 4.72. The van der Waals surface area contributed by atoms with Crippen molar-refractivity contribution in [2.24, 2.45) is 0 Å². The molecule has 0 aromatic carbocycles. The minimum absolute atomic E-state index is 0.299. The van der Waals surface area contributed by atoms with Gasteiger partial charge in [-0.25, -0.2) is 0 Å². The van der Waals surface area contributed by atoms with Crippen LogP contribution < -0.4 is 0 Å². The van der Waals surface area contributed by atoms with Gasteiger partial charge in [-0.2, -0.15) is 0 Å². The van der Waals surface area contributed by atoms with Gasteiger partial charge in [0, 0.05) is 6.07 Å². The van der Waals surface area contributed by atoms with Gasteiger partial charge in [0.15, 0.2) is 10.6 Å². The first-order valence-corrected chi connectivity index (χ1v) is 3.41. The van der Waals surface area contributed by atoms with E-state index in [-0.39, 0.29) is 0 Å². The first-order valence-electron chi connectivity index (χ1n) is 2.49. The Hall–Kier alpha value is -0.840. The van der Waals surface area contributed by atoms with E-state index >= 15 is 0 Å². The van der Waals surface area contributed by atoms with Crippen LogP contribution in [0.1, 0.15) is 10.6 Å². The maximum atomic E-state index is 10.3. The molecule has 1 N–H and O–H groups in total. The van der Waals surface area contributed by atoms with Crippen LogP contribution in [-0.4, -0.2) is 16.2 Å². The Morgan fingerprint density at radius 1 is 1.90 bits per heavy atom. The van der Waals surface area contributed by atoms with Crippen LogP contribution in [0, 0.1) is 0 Å². The molecule has 0 fully saturated rings. The molecule has 1 aromatic rings. The molecule has 0 saturated carbocycles. The quantitative estimate of drug-likeness (QED) is 0.738. The molecular weight excluding hydrogens is 202 g/mol. The minimum Gasteiger partial charge on any atom is -0.480 e. The van der Waals surface area contributed by atoms with Gasteiger partial charge in [-0.1, -0.05) is 21.1 Å². The molecule has 0 spiro atoms. The predicted octanol–water partition coefficient (Wildman–Crippen LogP) is 1.20. The Kier molecular flexibility index (Phi) is 2.06. The summed E-state index contributed by atoms with van der Waals surface area (Å²) in [6.07, 6.45) is 1.40. The number of alkyl halides is 1. The molecule has 1 rings (SSSR count). The number of carboxylic acid groups (broad SMARTS) is 1. The van der Waals surface area contributed by atoms with Gasteiger partial charge in [0.05, 0.1) is 6.20 Å². The number of hydrogen-bond acceptors (Lipinski definition) is 3. The van der Waals surface area contributed by atoms with Crippen LogP contribution in [0.2, 0.25) is 0 Å². The lowest BCUT2D eigenvalue weighted by Crippen LogP contribution is -2.02. The van der Waals surface area contributed by atoms with Gasteiger partial charge in [0.25, 0.3) is 0 Å². The van der Waals surface area contributed by atoms with Crippen molar-refractivity contribution in [1.29, 1.82) is 0 Å². The molecular formula is C5H4BrNO3. The van der Waals surface area contributed by atoms with E-state index in [1.54, 1.807) is 0 Å². The zero-order valence-electron chi connectivity index (χ0n) is 4.82. The topological polar surface area (TPSA) is 63.3 Å². The van der Waals surface area contributed by atoms with Gasteiger partial charge in [-0.3, -0.25) is 4.79 Å². The molecule has 1 unspecified atom stereocenters. The normalized spacial score (nSPS) is 12.9. The van der Waals surface area contributed by atoms with E-state index in [0.29, 0.717) is 5.76 Å². The Morgan fingerprint density at radius 3 is 3.00 bits per heavy atom. The number of halogens is 1. The number of aliphatic carboxylic acids is 1. The van der Waals surface area contributed by atoms with Crippen LogP contribution >= 0.6 is 15.9 Å². The molecule has 1 aromatic heterocycles. The SMILES string of the molecule is O=C(O)C(Br)c1ccno1. The maximum Gasteiger partial charge on any atom is 0.325 e. The van der Waals surface area contributed by atoms with Crippen molar-refractivity contribution in [3.05, 3.63) is 18.0 Å². The third-order valence-electron chi connectivity index (χ3n) is 0.924. The minimum atomic E-state index is -0.989. The number of carboxylic acids is 1. The molecule has 54 valence electrons. The average molecular weight is 206 g/mol. The van der Waals surface area contributed by atoms with Crippen molar-refractivity contribution in [2.45, 2.75) is 4.83 Å². The fourth-order valence-corrected chi connectivity index (χ4v) is 0.714. The lowest BCUT2D eigenvalue weighted by molar-refractivity contribution is -0.136. The van der Waals surface area contributed by atoms with E-state index in [0.717, 1.165) is 0 Å². The molecule has 1 heterocycles. The van der Waals surface area contributed by atoms with Crippen LogP contribution in [0.25, 0.3) is 0 Å². The highest BCUT2D eigenvalue weighted by Crippen LogP contribution is 2.21. The second-order valence-electron chi connectivity index (χ2n) is 1.62. The Balaban J connectivity index is 2.77. The molecule has 4 nitrogen and oxygen atoms in total. The summed E-state index contributed by atoms with van der Waals surface area (Å²) in [6.45, 7) is 0. The largest absolute Gasteiger partial charge is 0.480 e. The summed E-state index contributed by atoms with van der Waals surface area (Å²) in [5.74, 6) is -0.691. The Labute approximate surface area is 64.9 Å². The van der Waals surface area contributed by atoms with Crippen LogP contribution in [0.15, 0.2) is 16.8 Å². The number of rotatable bonds is 2. The first kappa shape index (κ1) is 7.27. The third kappa shape index (κ3) is 1.36. The fraction of sp³-hybridized carbons (Fsp3) is 0.200. The molecule has 0 aliphatic carbocycles. The summed E-state index contributed by atoms with van der Waals surface area (Å²) < 4.78 is 4.58. The number of aromatic nitrogens is 1. The van der Waals surface area contributed by atoms with E-state index < -0.39 is 10.8 Å². The molecule has 0 aliphatic rings. The average Bonchev–Trinajstić information content (AvgIpc) is 2.36. The highest BCUT2D eigenvalue weighted by Gasteiger charge is 2.18. The van der Waals surface area contributed by atoms with Crippen molar-refractivity contribution in [3.8, 4) is 0 Å². The van der Waals surface area contributed by atoms with Crippen molar-refractivity contribution in [1.82, 2.24) is 5.16 Å². The van der Waals surface area contributed by atoms with Crippen molar-refractivity contribution >= 4 is 21.9 Å². The number of hydrogen-bond donors (Lipinski definition) is 1. The van der Waals surface area contributed by atoms with Gasteiger partial charge in [0.1, 0.15) is 0 Å². The van der Waals surface area contributed by atoms with E-state index in [1.165, 1.54) is 12.3 Å². The van der Waals surface area contributed by atoms with Crippen molar-refractivity contribution < 1.29 is 14.4 Å². The molecule has 0 aliphatic heterocycles. The summed E-state index contributed by atoms with van der Waals surface area (Å²) in [5.41, 5.74) is 0. The summed E-state index contributed by atoms with van der Waals surface area (Å²) in [7, 11) is 0. The molecule has 1 atom stereocenters. The van der Waals surface area contributed by atoms with Crippen LogP contribution in [-0.2, 0) is 4.79 Å². The summed E-state index contributed by atoms with van der Waals surface area (Å²) in [4.78, 5) is 9.47. The lowest BCUT2D eigenvalue weighted by Gasteiger charge is -1.95. The van der Waals surface area contributed by atoms with Crippen LogP contribution in [0.5, 0.6) is 0 Å². The Morgan fingerprint density at radius 2 is 2.60 bits per heavy atom. The van der Waals surface area contributed by atoms with Gasteiger partial charge in [0.2, 0.25) is 0 Å². The Bertz CT molecular complexity index is 221. The monoisotopic (exact) mass is 205 g/mol. The molecule has 10 heavy (non-hydrogen) atoms. The molecule has 0 bridgehead atoms. The van der Waals surface area contributed by atoms with Gasteiger partial charge in [-0.05, 0) is 0 Å². The molecule has 0 amide bonds. The fourth-order valence-electron chi connectivity index (χ4n) is 0.478. The second kappa shape index (κ2) is 2.83. The van der Waals surface area contributed by atoms with E-state index in [4.69, 9.17) is 5.11 Å². The van der Waals surface area contributed by atoms with Gasteiger partial charge in [-0.15, -0.1) is 0 Å². The van der Waals surface area contributed by atoms with Gasteiger partial charge >= 0.3 is 5.97 Å². The number of nitrogens with zero attached hydrogens (tertiary/aromatic N) is 1. The predicted molar refractivity (Wildman–Crippen MR) is 35.8 cm³/mol. The lowest BCUT2D eigenvalue weighted by atomic mass is 10.3. The molecule has 5 heteroatoms. The molecule has 0 saturated heterocycles.